The summed E-state index contributed by atoms with van der Waals surface area (Å²) in [7, 11) is 0. The largest absolute Gasteiger partial charge is 0.231 e. The van der Waals surface area contributed by atoms with Crippen LogP contribution in [0.3, 0.4) is 0 Å². The summed E-state index contributed by atoms with van der Waals surface area (Å²) in [5.41, 5.74) is 3.29. The zero-order chi connectivity index (χ0) is 12.1. The molecule has 0 heterocycles. The number of isocyanates is 2. The fraction of sp³-hybridized carbons (Fsp3) is 0.636. The maximum Gasteiger partial charge on any atom is 0.231 e. The zero-order valence-electron chi connectivity index (χ0n) is 9.35. The van der Waals surface area contributed by atoms with E-state index in [0.29, 0.717) is 0 Å². The van der Waals surface area contributed by atoms with Crippen molar-refractivity contribution in [3.05, 3.63) is 11.1 Å². The van der Waals surface area contributed by atoms with Gasteiger partial charge in [0.25, 0.3) is 0 Å². The molecule has 1 aliphatic carbocycles. The van der Waals surface area contributed by atoms with E-state index >= 15 is 0 Å². The number of rotatable bonds is 0. The fourth-order valence-electron chi connectivity index (χ4n) is 1.48. The highest BCUT2D eigenvalue weighted by Gasteiger charge is 2.05. The number of nitrogens with one attached hydrogen (secondary N) is 2. The summed E-state index contributed by atoms with van der Waals surface area (Å²) in [6, 6.07) is 0. The molecule has 0 radical (unpaired) electrons. The van der Waals surface area contributed by atoms with Gasteiger partial charge in [0.1, 0.15) is 0 Å². The summed E-state index contributed by atoms with van der Waals surface area (Å²) in [5, 5.41) is 10.8. The Morgan fingerprint density at radius 2 is 1.33 bits per heavy atom. The Morgan fingerprint density at radius 1 is 1.00 bits per heavy atom. The molecule has 0 amide bonds. The van der Waals surface area contributed by atoms with Crippen LogP contribution in [-0.4, -0.2) is 12.2 Å². The van der Waals surface area contributed by atoms with Gasteiger partial charge in [-0.05, 0) is 39.5 Å². The van der Waals surface area contributed by atoms with Crippen molar-refractivity contribution in [2.75, 3.05) is 0 Å². The summed E-state index contributed by atoms with van der Waals surface area (Å²) in [4.78, 5) is 16.7. The molecule has 0 aromatic heterocycles. The van der Waals surface area contributed by atoms with Gasteiger partial charge in [0.2, 0.25) is 12.2 Å². The Labute approximate surface area is 90.4 Å². The zero-order valence-corrected chi connectivity index (χ0v) is 9.35. The third-order valence-corrected chi connectivity index (χ3v) is 2.16. The maximum absolute atomic E-state index is 8.35. The molecule has 0 spiro atoms. The lowest BCUT2D eigenvalue weighted by Crippen LogP contribution is -1.94. The summed E-state index contributed by atoms with van der Waals surface area (Å²) < 4.78 is 0. The molecule has 0 saturated heterocycles. The Morgan fingerprint density at radius 3 is 1.53 bits per heavy atom. The summed E-state index contributed by atoms with van der Waals surface area (Å²) in [6.45, 7) is 4.47. The van der Waals surface area contributed by atoms with E-state index in [0.717, 1.165) is 12.2 Å². The first kappa shape index (κ1) is 15.9. The molecule has 1 rings (SSSR count). The van der Waals surface area contributed by atoms with Crippen LogP contribution in [0.4, 0.5) is 0 Å². The molecule has 0 atom stereocenters. The van der Waals surface area contributed by atoms with Crippen molar-refractivity contribution < 1.29 is 9.59 Å². The van der Waals surface area contributed by atoms with Crippen LogP contribution in [0.1, 0.15) is 46.0 Å². The van der Waals surface area contributed by atoms with Crippen LogP contribution in [0.5, 0.6) is 0 Å². The first-order valence-electron chi connectivity index (χ1n) is 4.87. The molecule has 0 unspecified atom stereocenters. The molecule has 0 aromatic rings. The molecular formula is C11H18N2O2. The first-order chi connectivity index (χ1) is 7.13. The van der Waals surface area contributed by atoms with E-state index in [9.17, 15) is 0 Å². The van der Waals surface area contributed by atoms with Gasteiger partial charge in [-0.25, -0.2) is 20.4 Å². The second kappa shape index (κ2) is 12.5. The highest BCUT2D eigenvalue weighted by Crippen LogP contribution is 2.24. The molecule has 2 N–H and O–H groups in total. The molecule has 4 nitrogen and oxygen atoms in total. The van der Waals surface area contributed by atoms with Crippen molar-refractivity contribution in [3.63, 3.8) is 0 Å². The third kappa shape index (κ3) is 12.5. The number of allylic oxidation sites excluding steroid dienone is 2. The van der Waals surface area contributed by atoms with E-state index < -0.39 is 0 Å². The van der Waals surface area contributed by atoms with Gasteiger partial charge in [-0.2, -0.15) is 0 Å². The van der Waals surface area contributed by atoms with Gasteiger partial charge in [0.05, 0.1) is 0 Å². The summed E-state index contributed by atoms with van der Waals surface area (Å²) in [6.07, 6.45) is 8.57. The van der Waals surface area contributed by atoms with Gasteiger partial charge in [-0.15, -0.1) is 0 Å². The van der Waals surface area contributed by atoms with Gasteiger partial charge in [-0.1, -0.05) is 17.6 Å². The van der Waals surface area contributed by atoms with Crippen LogP contribution in [0.15, 0.2) is 11.1 Å². The normalized spacial score (nSPS) is 13.1. The summed E-state index contributed by atoms with van der Waals surface area (Å²) in [5.74, 6) is 0. The van der Waals surface area contributed by atoms with Crippen LogP contribution in [-0.2, 0) is 9.59 Å². The standard InChI is InChI=1S/C9H16.2CHNO/c1-8(2)9-6-4-3-5-7-9;2*2-1-3/h3-7H2,1-2H3;2*2H. The Kier molecular flexibility index (Phi) is 13.3. The average molecular weight is 210 g/mol. The van der Waals surface area contributed by atoms with Crippen molar-refractivity contribution in [1.29, 1.82) is 10.8 Å². The number of carbonyl (C=O) groups excluding carboxylic acids is 2. The molecular weight excluding hydrogens is 192 g/mol. The van der Waals surface area contributed by atoms with E-state index in [1.165, 1.54) is 32.1 Å². The third-order valence-electron chi connectivity index (χ3n) is 2.16. The average Bonchev–Trinajstić information content (AvgIpc) is 2.21. The Balaban J connectivity index is 0. The lowest BCUT2D eigenvalue weighted by atomic mass is 9.92. The van der Waals surface area contributed by atoms with E-state index in [1.807, 2.05) is 0 Å². The molecule has 0 bridgehead atoms. The highest BCUT2D eigenvalue weighted by molar-refractivity contribution is 5.26. The molecule has 0 aromatic carbocycles. The topological polar surface area (TPSA) is 81.8 Å². The smallest absolute Gasteiger partial charge is 0.222 e. The summed E-state index contributed by atoms with van der Waals surface area (Å²) >= 11 is 0. The molecule has 4 heteroatoms. The fourth-order valence-corrected chi connectivity index (χ4v) is 1.48. The van der Waals surface area contributed by atoms with E-state index in [4.69, 9.17) is 20.4 Å². The molecule has 15 heavy (non-hydrogen) atoms. The van der Waals surface area contributed by atoms with Crippen LogP contribution in [0, 0.1) is 10.8 Å². The van der Waals surface area contributed by atoms with Gasteiger partial charge < -0.3 is 0 Å². The highest BCUT2D eigenvalue weighted by atomic mass is 16.1. The quantitative estimate of drug-likeness (QED) is 0.366. The number of hydrogen-bond donors (Lipinski definition) is 2. The predicted molar refractivity (Wildman–Crippen MR) is 58.3 cm³/mol. The minimum absolute atomic E-state index is 0.750. The van der Waals surface area contributed by atoms with Gasteiger partial charge in [0, 0.05) is 0 Å². The SMILES string of the molecule is CC(C)=C1CCCCC1.N=C=O.N=C=O. The van der Waals surface area contributed by atoms with Gasteiger partial charge >= 0.3 is 0 Å². The Hall–Kier alpha value is -1.50. The second-order valence-corrected chi connectivity index (χ2v) is 3.37. The van der Waals surface area contributed by atoms with Crippen LogP contribution in [0.25, 0.3) is 0 Å². The van der Waals surface area contributed by atoms with Crippen molar-refractivity contribution >= 4 is 12.2 Å². The van der Waals surface area contributed by atoms with Crippen molar-refractivity contribution in [3.8, 4) is 0 Å². The van der Waals surface area contributed by atoms with E-state index in [-0.39, 0.29) is 0 Å². The Bertz CT molecular complexity index is 234. The minimum atomic E-state index is 0.750. The molecule has 0 aliphatic heterocycles. The minimum Gasteiger partial charge on any atom is -0.222 e. The van der Waals surface area contributed by atoms with Gasteiger partial charge in [-0.3, -0.25) is 0 Å². The first-order valence-corrected chi connectivity index (χ1v) is 4.87. The number of hydrogen-bond acceptors (Lipinski definition) is 4. The maximum atomic E-state index is 8.35. The van der Waals surface area contributed by atoms with Crippen molar-refractivity contribution in [2.45, 2.75) is 46.0 Å². The molecule has 1 saturated carbocycles. The molecule has 84 valence electrons. The van der Waals surface area contributed by atoms with E-state index in [1.54, 1.807) is 11.1 Å². The monoisotopic (exact) mass is 210 g/mol. The lowest BCUT2D eigenvalue weighted by Gasteiger charge is -2.14. The van der Waals surface area contributed by atoms with Crippen LogP contribution >= 0.6 is 0 Å². The van der Waals surface area contributed by atoms with E-state index in [2.05, 4.69) is 13.8 Å². The molecule has 1 aliphatic rings. The van der Waals surface area contributed by atoms with Crippen LogP contribution in [0.2, 0.25) is 0 Å². The predicted octanol–water partition coefficient (Wildman–Crippen LogP) is 3.09. The molecule has 1 fully saturated rings. The van der Waals surface area contributed by atoms with Crippen LogP contribution < -0.4 is 0 Å². The van der Waals surface area contributed by atoms with Gasteiger partial charge in [0.15, 0.2) is 0 Å². The van der Waals surface area contributed by atoms with Crippen molar-refractivity contribution in [1.82, 2.24) is 0 Å². The van der Waals surface area contributed by atoms with Crippen molar-refractivity contribution in [2.24, 2.45) is 0 Å². The lowest BCUT2D eigenvalue weighted by molar-refractivity contribution is 0.562. The second-order valence-electron chi connectivity index (χ2n) is 3.37.